The van der Waals surface area contributed by atoms with E-state index in [0.717, 1.165) is 30.7 Å². The van der Waals surface area contributed by atoms with E-state index in [1.807, 2.05) is 6.07 Å². The Hall–Kier alpha value is -3.12. The molecular weight excluding hydrogens is 392 g/mol. The number of hydrogen-bond donors (Lipinski definition) is 1. The maximum absolute atomic E-state index is 12.9. The summed E-state index contributed by atoms with van der Waals surface area (Å²) in [5, 5.41) is 2.93. The van der Waals surface area contributed by atoms with Crippen LogP contribution in [0.15, 0.2) is 54.1 Å². The van der Waals surface area contributed by atoms with Gasteiger partial charge in [-0.15, -0.1) is 0 Å². The minimum Gasteiger partial charge on any atom is -0.497 e. The van der Waals surface area contributed by atoms with Gasteiger partial charge in [0, 0.05) is 23.2 Å². The Balaban J connectivity index is 1.64. The number of piperidine rings is 1. The summed E-state index contributed by atoms with van der Waals surface area (Å²) in [5.74, 6) is 0.269. The lowest BCUT2D eigenvalue weighted by atomic mass is 9.61. The van der Waals surface area contributed by atoms with Crippen molar-refractivity contribution in [3.63, 3.8) is 0 Å². The van der Waals surface area contributed by atoms with Crippen LogP contribution in [0.5, 0.6) is 5.75 Å². The van der Waals surface area contributed by atoms with Crippen LogP contribution in [-0.2, 0) is 21.4 Å². The van der Waals surface area contributed by atoms with Crippen LogP contribution in [0.3, 0.4) is 0 Å². The Morgan fingerprint density at radius 2 is 1.90 bits per heavy atom. The Labute approximate surface area is 182 Å². The molecule has 2 aromatic rings. The Bertz CT molecular complexity index is 1040. The Morgan fingerprint density at radius 1 is 1.16 bits per heavy atom. The lowest BCUT2D eigenvalue weighted by Crippen LogP contribution is -2.52. The molecule has 6 nitrogen and oxygen atoms in total. The van der Waals surface area contributed by atoms with E-state index in [2.05, 4.69) is 36.3 Å². The fourth-order valence-electron chi connectivity index (χ4n) is 4.83. The van der Waals surface area contributed by atoms with Crippen molar-refractivity contribution in [3.8, 4) is 5.75 Å². The maximum Gasteiger partial charge on any atom is 0.337 e. The van der Waals surface area contributed by atoms with Gasteiger partial charge in [0.25, 0.3) is 0 Å². The van der Waals surface area contributed by atoms with Crippen LogP contribution in [0.25, 0.3) is 0 Å². The zero-order chi connectivity index (χ0) is 22.2. The molecular formula is C25H28N2O4. The van der Waals surface area contributed by atoms with Crippen molar-refractivity contribution in [2.24, 2.45) is 0 Å². The second kappa shape index (κ2) is 8.19. The van der Waals surface area contributed by atoms with Crippen LogP contribution < -0.4 is 10.1 Å². The van der Waals surface area contributed by atoms with Crippen LogP contribution in [-0.4, -0.2) is 50.6 Å². The van der Waals surface area contributed by atoms with Crippen molar-refractivity contribution >= 4 is 17.6 Å². The number of nitrogens with one attached hydrogen (secondary N) is 1. The number of benzene rings is 2. The standard InChI is InChI=1S/C25H28N2O4/c1-25-11-12-27(2)22(13-17-7-10-19(30-3)14-20(17)25)21(25)15-23(28)26-18-8-5-16(6-9-18)24(29)31-4/h5-10,14-15,22H,11-13H2,1-4H3,(H,26,28). The molecule has 4 rings (SSSR count). The lowest BCUT2D eigenvalue weighted by molar-refractivity contribution is -0.112. The molecule has 31 heavy (non-hydrogen) atoms. The van der Waals surface area contributed by atoms with Crippen molar-refractivity contribution in [2.45, 2.75) is 31.2 Å². The summed E-state index contributed by atoms with van der Waals surface area (Å²) in [4.78, 5) is 26.9. The molecule has 0 aromatic heterocycles. The first-order valence-corrected chi connectivity index (χ1v) is 10.4. The van der Waals surface area contributed by atoms with Gasteiger partial charge in [-0.25, -0.2) is 4.79 Å². The van der Waals surface area contributed by atoms with Crippen molar-refractivity contribution in [2.75, 3.05) is 33.1 Å². The highest BCUT2D eigenvalue weighted by molar-refractivity contribution is 6.00. The Kier molecular flexibility index (Phi) is 5.58. The molecule has 1 aliphatic heterocycles. The highest BCUT2D eigenvalue weighted by Gasteiger charge is 2.46. The molecule has 2 bridgehead atoms. The third-order valence-corrected chi connectivity index (χ3v) is 6.68. The largest absolute Gasteiger partial charge is 0.497 e. The van der Waals surface area contributed by atoms with Gasteiger partial charge in [-0.2, -0.15) is 0 Å². The summed E-state index contributed by atoms with van der Waals surface area (Å²) in [6, 6.07) is 13.2. The first-order valence-electron chi connectivity index (χ1n) is 10.4. The molecule has 162 valence electrons. The third-order valence-electron chi connectivity index (χ3n) is 6.68. The zero-order valence-corrected chi connectivity index (χ0v) is 18.4. The number of likely N-dealkylation sites (tertiary alicyclic amines) is 1. The molecule has 1 N–H and O–H groups in total. The molecule has 0 radical (unpaired) electrons. The average molecular weight is 421 g/mol. The predicted molar refractivity (Wildman–Crippen MR) is 120 cm³/mol. The van der Waals surface area contributed by atoms with Crippen LogP contribution in [0.1, 0.15) is 34.8 Å². The minimum absolute atomic E-state index is 0.168. The smallest absolute Gasteiger partial charge is 0.337 e. The van der Waals surface area contributed by atoms with Crippen LogP contribution in [0, 0.1) is 0 Å². The van der Waals surface area contributed by atoms with E-state index >= 15 is 0 Å². The summed E-state index contributed by atoms with van der Waals surface area (Å²) in [7, 11) is 5.15. The highest BCUT2D eigenvalue weighted by Crippen LogP contribution is 2.48. The SMILES string of the molecule is COC(=O)c1ccc(NC(=O)C=C2C3Cc4ccc(OC)cc4C2(C)CCN3C)cc1. The van der Waals surface area contributed by atoms with E-state index in [9.17, 15) is 9.59 Å². The maximum atomic E-state index is 12.9. The minimum atomic E-state index is -0.403. The topological polar surface area (TPSA) is 67.9 Å². The quantitative estimate of drug-likeness (QED) is 0.605. The van der Waals surface area contributed by atoms with Gasteiger partial charge in [0.2, 0.25) is 5.91 Å². The van der Waals surface area contributed by atoms with E-state index in [1.54, 1.807) is 37.5 Å². The fraction of sp³-hybridized carbons (Fsp3) is 0.360. The Morgan fingerprint density at radius 3 is 2.58 bits per heavy atom. The second-order valence-electron chi connectivity index (χ2n) is 8.46. The van der Waals surface area contributed by atoms with Gasteiger partial charge in [0.1, 0.15) is 5.75 Å². The molecule has 1 saturated heterocycles. The van der Waals surface area contributed by atoms with Gasteiger partial charge in [0.15, 0.2) is 0 Å². The normalized spacial score (nSPS) is 23.7. The van der Waals surface area contributed by atoms with Gasteiger partial charge < -0.3 is 14.8 Å². The lowest BCUT2D eigenvalue weighted by Gasteiger charge is -2.51. The number of likely N-dealkylation sites (N-methyl/N-ethyl adjacent to an activating group) is 1. The fourth-order valence-corrected chi connectivity index (χ4v) is 4.83. The van der Waals surface area contributed by atoms with E-state index in [1.165, 1.54) is 18.2 Å². The van der Waals surface area contributed by atoms with Gasteiger partial charge >= 0.3 is 5.97 Å². The van der Waals surface area contributed by atoms with Crippen LogP contribution in [0.4, 0.5) is 5.69 Å². The van der Waals surface area contributed by atoms with E-state index in [-0.39, 0.29) is 17.4 Å². The molecule has 1 fully saturated rings. The number of carbonyl (C=O) groups is 2. The summed E-state index contributed by atoms with van der Waals surface area (Å²) in [6.45, 7) is 3.21. The third kappa shape index (κ3) is 3.83. The van der Waals surface area contributed by atoms with Crippen molar-refractivity contribution in [1.82, 2.24) is 4.90 Å². The van der Waals surface area contributed by atoms with Gasteiger partial charge in [0.05, 0.1) is 19.8 Å². The van der Waals surface area contributed by atoms with Gasteiger partial charge in [-0.1, -0.05) is 13.0 Å². The molecule has 0 spiro atoms. The molecule has 1 aliphatic carbocycles. The highest BCUT2D eigenvalue weighted by atomic mass is 16.5. The first-order chi connectivity index (χ1) is 14.9. The molecule has 1 heterocycles. The monoisotopic (exact) mass is 420 g/mol. The molecule has 1 amide bonds. The van der Waals surface area contributed by atoms with Crippen LogP contribution in [0.2, 0.25) is 0 Å². The number of hydrogen-bond acceptors (Lipinski definition) is 5. The number of methoxy groups -OCH3 is 2. The number of ether oxygens (including phenoxy) is 2. The van der Waals surface area contributed by atoms with Gasteiger partial charge in [-0.3, -0.25) is 9.69 Å². The van der Waals surface area contributed by atoms with E-state index in [4.69, 9.17) is 9.47 Å². The summed E-state index contributed by atoms with van der Waals surface area (Å²) in [6.07, 6.45) is 3.57. The summed E-state index contributed by atoms with van der Waals surface area (Å²) in [5.41, 5.74) is 4.56. The molecule has 2 aliphatic rings. The molecule has 2 aromatic carbocycles. The number of amides is 1. The zero-order valence-electron chi connectivity index (χ0n) is 18.4. The second-order valence-corrected chi connectivity index (χ2v) is 8.46. The summed E-state index contributed by atoms with van der Waals surface area (Å²) < 4.78 is 10.2. The van der Waals surface area contributed by atoms with Crippen LogP contribution >= 0.6 is 0 Å². The molecule has 0 saturated carbocycles. The van der Waals surface area contributed by atoms with E-state index in [0.29, 0.717) is 11.3 Å². The summed E-state index contributed by atoms with van der Waals surface area (Å²) >= 11 is 0. The van der Waals surface area contributed by atoms with Crippen molar-refractivity contribution in [3.05, 3.63) is 70.8 Å². The first kappa shape index (κ1) is 21.1. The number of nitrogens with zero attached hydrogens (tertiary/aromatic N) is 1. The molecule has 6 heteroatoms. The average Bonchev–Trinajstić information content (AvgIpc) is 2.78. The number of esters is 1. The van der Waals surface area contributed by atoms with Gasteiger partial charge in [-0.05, 0) is 79.5 Å². The number of anilines is 1. The van der Waals surface area contributed by atoms with E-state index < -0.39 is 5.97 Å². The number of rotatable bonds is 4. The number of fused-ring (bicyclic) bond motifs is 4. The predicted octanol–water partition coefficient (Wildman–Crippen LogP) is 3.56. The number of carbonyl (C=O) groups excluding carboxylic acids is 2. The molecule has 2 atom stereocenters. The van der Waals surface area contributed by atoms with Crippen molar-refractivity contribution < 1.29 is 19.1 Å². The molecule has 2 unspecified atom stereocenters. The van der Waals surface area contributed by atoms with Crippen molar-refractivity contribution in [1.29, 1.82) is 0 Å².